The van der Waals surface area contributed by atoms with E-state index in [9.17, 15) is 0 Å². The molecule has 0 saturated carbocycles. The molecule has 1 rings (SSSR count). The average Bonchev–Trinajstić information content (AvgIpc) is 2.50. The second-order valence-electron chi connectivity index (χ2n) is 2.88. The van der Waals surface area contributed by atoms with Gasteiger partial charge in [0.25, 0.3) is 0 Å². The Kier molecular flexibility index (Phi) is 12.1. The van der Waals surface area contributed by atoms with Crippen LogP contribution in [0, 0.1) is 11.8 Å². The Morgan fingerprint density at radius 3 is 2.23 bits per heavy atom. The number of hydrogen-bond acceptors (Lipinski definition) is 2. The summed E-state index contributed by atoms with van der Waals surface area (Å²) in [4.78, 5) is 2.39. The Labute approximate surface area is 93.1 Å². The fraction of sp³-hybridized carbons (Fsp3) is 0.778. The summed E-state index contributed by atoms with van der Waals surface area (Å²) in [5.41, 5.74) is 5.31. The molecule has 0 atom stereocenters. The molecule has 0 unspecified atom stereocenters. The van der Waals surface area contributed by atoms with E-state index >= 15 is 0 Å². The van der Waals surface area contributed by atoms with Crippen LogP contribution in [-0.2, 0) is 0 Å². The van der Waals surface area contributed by atoms with Crippen LogP contribution in [0.2, 0.25) is 0 Å². The number of nitrogens with two attached hydrogens (primary N) is 1. The van der Waals surface area contributed by atoms with Crippen LogP contribution in [0.4, 0.5) is 0 Å². The maximum atomic E-state index is 5.31. The lowest BCUT2D eigenvalue weighted by Gasteiger charge is -2.08. The number of nitrogens with zero attached hydrogens (tertiary/aromatic N) is 1. The van der Waals surface area contributed by atoms with Gasteiger partial charge in [-0.3, -0.25) is 4.90 Å². The highest BCUT2D eigenvalue weighted by Crippen LogP contribution is 2.05. The van der Waals surface area contributed by atoms with E-state index in [1.54, 1.807) is 0 Å². The number of likely N-dealkylation sites (tertiary alicyclic amines) is 1. The molecule has 1 fully saturated rings. The standard InChI is InChI=1S/C9H16N2.2ClH/c10-6-2-1-3-7-11-8-4-5-9-11;;/h2,4-10H2;2*1H. The van der Waals surface area contributed by atoms with Gasteiger partial charge in [0.1, 0.15) is 0 Å². The van der Waals surface area contributed by atoms with Crippen LogP contribution in [0.25, 0.3) is 0 Å². The first kappa shape index (κ1) is 15.5. The van der Waals surface area contributed by atoms with Gasteiger partial charge in [-0.1, -0.05) is 5.92 Å². The SMILES string of the molecule is Cl.Cl.NCCC#CCN1CCCC1. The molecule has 13 heavy (non-hydrogen) atoms. The second-order valence-corrected chi connectivity index (χ2v) is 2.88. The molecule has 0 radical (unpaired) electrons. The quantitative estimate of drug-likeness (QED) is 0.717. The van der Waals surface area contributed by atoms with E-state index in [0.717, 1.165) is 13.0 Å². The van der Waals surface area contributed by atoms with E-state index in [2.05, 4.69) is 16.7 Å². The van der Waals surface area contributed by atoms with E-state index in [1.807, 2.05) is 0 Å². The largest absolute Gasteiger partial charge is 0.330 e. The molecule has 2 nitrogen and oxygen atoms in total. The van der Waals surface area contributed by atoms with Gasteiger partial charge in [0, 0.05) is 13.0 Å². The van der Waals surface area contributed by atoms with Crippen molar-refractivity contribution in [3.05, 3.63) is 0 Å². The maximum Gasteiger partial charge on any atom is 0.0601 e. The van der Waals surface area contributed by atoms with Crippen molar-refractivity contribution in [3.63, 3.8) is 0 Å². The number of halogens is 2. The van der Waals surface area contributed by atoms with Crippen molar-refractivity contribution in [1.82, 2.24) is 4.90 Å². The Morgan fingerprint density at radius 1 is 1.08 bits per heavy atom. The van der Waals surface area contributed by atoms with Crippen molar-refractivity contribution in [2.75, 3.05) is 26.2 Å². The molecule has 78 valence electrons. The zero-order chi connectivity index (χ0) is 7.94. The third-order valence-corrected chi connectivity index (χ3v) is 1.90. The summed E-state index contributed by atoms with van der Waals surface area (Å²) < 4.78 is 0. The van der Waals surface area contributed by atoms with Crippen LogP contribution in [0.3, 0.4) is 0 Å². The summed E-state index contributed by atoms with van der Waals surface area (Å²) in [6.45, 7) is 4.10. The molecule has 0 bridgehead atoms. The average molecular weight is 225 g/mol. The van der Waals surface area contributed by atoms with E-state index in [0.29, 0.717) is 6.54 Å². The molecule has 0 amide bonds. The third-order valence-electron chi connectivity index (χ3n) is 1.90. The molecule has 0 spiro atoms. The van der Waals surface area contributed by atoms with E-state index in [1.165, 1.54) is 25.9 Å². The molecule has 1 aliphatic heterocycles. The van der Waals surface area contributed by atoms with Crippen LogP contribution in [0.5, 0.6) is 0 Å². The Bertz CT molecular complexity index is 157. The molecule has 0 aromatic carbocycles. The zero-order valence-electron chi connectivity index (χ0n) is 7.79. The van der Waals surface area contributed by atoms with Gasteiger partial charge in [0.2, 0.25) is 0 Å². The summed E-state index contributed by atoms with van der Waals surface area (Å²) >= 11 is 0. The molecule has 4 heteroatoms. The molecule has 0 aromatic rings. The first-order chi connectivity index (χ1) is 5.43. The van der Waals surface area contributed by atoms with Gasteiger partial charge in [-0.25, -0.2) is 0 Å². The highest BCUT2D eigenvalue weighted by molar-refractivity contribution is 5.85. The summed E-state index contributed by atoms with van der Waals surface area (Å²) in [5, 5.41) is 0. The van der Waals surface area contributed by atoms with Gasteiger partial charge < -0.3 is 5.73 Å². The Hall–Kier alpha value is 0.0600. The predicted molar refractivity (Wildman–Crippen MR) is 61.6 cm³/mol. The highest BCUT2D eigenvalue weighted by atomic mass is 35.5. The molecule has 2 N–H and O–H groups in total. The minimum atomic E-state index is 0. The minimum absolute atomic E-state index is 0. The Morgan fingerprint density at radius 2 is 1.69 bits per heavy atom. The molecule has 1 saturated heterocycles. The van der Waals surface area contributed by atoms with Crippen molar-refractivity contribution >= 4 is 24.8 Å². The van der Waals surface area contributed by atoms with Gasteiger partial charge in [-0.15, -0.1) is 30.7 Å². The third kappa shape index (κ3) is 7.16. The summed E-state index contributed by atoms with van der Waals surface area (Å²) in [7, 11) is 0. The monoisotopic (exact) mass is 224 g/mol. The molecule has 0 aliphatic carbocycles. The lowest BCUT2D eigenvalue weighted by Crippen LogP contribution is -2.19. The Balaban J connectivity index is 0. The fourth-order valence-electron chi connectivity index (χ4n) is 1.27. The maximum absolute atomic E-state index is 5.31. The normalized spacial score (nSPS) is 15.2. The number of rotatable bonds is 2. The van der Waals surface area contributed by atoms with Gasteiger partial charge >= 0.3 is 0 Å². The van der Waals surface area contributed by atoms with Crippen molar-refractivity contribution in [2.24, 2.45) is 5.73 Å². The van der Waals surface area contributed by atoms with Crippen LogP contribution in [0.15, 0.2) is 0 Å². The lowest BCUT2D eigenvalue weighted by atomic mass is 10.4. The van der Waals surface area contributed by atoms with E-state index < -0.39 is 0 Å². The van der Waals surface area contributed by atoms with Crippen LogP contribution in [-0.4, -0.2) is 31.1 Å². The van der Waals surface area contributed by atoms with E-state index in [-0.39, 0.29) is 24.8 Å². The molecule has 0 aromatic heterocycles. The van der Waals surface area contributed by atoms with E-state index in [4.69, 9.17) is 5.73 Å². The predicted octanol–water partition coefficient (Wildman–Crippen LogP) is 1.28. The van der Waals surface area contributed by atoms with Crippen molar-refractivity contribution in [1.29, 1.82) is 0 Å². The topological polar surface area (TPSA) is 29.3 Å². The van der Waals surface area contributed by atoms with Crippen LogP contribution >= 0.6 is 24.8 Å². The lowest BCUT2D eigenvalue weighted by molar-refractivity contribution is 0.383. The van der Waals surface area contributed by atoms with Gasteiger partial charge in [-0.05, 0) is 25.9 Å². The minimum Gasteiger partial charge on any atom is -0.330 e. The number of hydrogen-bond donors (Lipinski definition) is 1. The molecule has 1 heterocycles. The van der Waals surface area contributed by atoms with Gasteiger partial charge in [0.05, 0.1) is 6.54 Å². The zero-order valence-corrected chi connectivity index (χ0v) is 9.42. The summed E-state index contributed by atoms with van der Waals surface area (Å²) in [5.74, 6) is 6.17. The van der Waals surface area contributed by atoms with Gasteiger partial charge in [0.15, 0.2) is 0 Å². The van der Waals surface area contributed by atoms with Gasteiger partial charge in [-0.2, -0.15) is 0 Å². The first-order valence-corrected chi connectivity index (χ1v) is 4.31. The van der Waals surface area contributed by atoms with Crippen molar-refractivity contribution < 1.29 is 0 Å². The molecular weight excluding hydrogens is 207 g/mol. The van der Waals surface area contributed by atoms with Crippen LogP contribution < -0.4 is 5.73 Å². The molecular formula is C9H18Cl2N2. The first-order valence-electron chi connectivity index (χ1n) is 4.31. The van der Waals surface area contributed by atoms with Crippen molar-refractivity contribution in [2.45, 2.75) is 19.3 Å². The summed E-state index contributed by atoms with van der Waals surface area (Å²) in [6, 6.07) is 0. The molecule has 1 aliphatic rings. The summed E-state index contributed by atoms with van der Waals surface area (Å²) in [6.07, 6.45) is 3.53. The highest BCUT2D eigenvalue weighted by Gasteiger charge is 2.08. The fourth-order valence-corrected chi connectivity index (χ4v) is 1.27. The smallest absolute Gasteiger partial charge is 0.0601 e. The second kappa shape index (κ2) is 10.1. The van der Waals surface area contributed by atoms with Crippen molar-refractivity contribution in [3.8, 4) is 11.8 Å². The van der Waals surface area contributed by atoms with Crippen LogP contribution in [0.1, 0.15) is 19.3 Å².